The lowest BCUT2D eigenvalue weighted by atomic mass is 9.83. The van der Waals surface area contributed by atoms with E-state index in [0.29, 0.717) is 11.3 Å². The molecule has 3 aromatic carbocycles. The number of non-ortho nitro benzene ring substituents is 1. The fourth-order valence-electron chi connectivity index (χ4n) is 3.50. The van der Waals surface area contributed by atoms with Gasteiger partial charge in [-0.1, -0.05) is 40.2 Å². The van der Waals surface area contributed by atoms with E-state index in [1.165, 1.54) is 30.3 Å². The summed E-state index contributed by atoms with van der Waals surface area (Å²) in [6.07, 6.45) is 0. The van der Waals surface area contributed by atoms with Crippen molar-refractivity contribution in [2.24, 2.45) is 5.73 Å². The third kappa shape index (κ3) is 4.69. The summed E-state index contributed by atoms with van der Waals surface area (Å²) in [6, 6.07) is 19.8. The number of allylic oxidation sites excluding steroid dienone is 1. The van der Waals surface area contributed by atoms with Gasteiger partial charge in [0.25, 0.3) is 5.69 Å². The van der Waals surface area contributed by atoms with Crippen molar-refractivity contribution in [1.29, 1.82) is 5.26 Å². The number of fused-ring (bicyclic) bond motifs is 1. The van der Waals surface area contributed by atoms with Crippen LogP contribution in [0.1, 0.15) is 17.0 Å². The van der Waals surface area contributed by atoms with Crippen molar-refractivity contribution in [3.8, 4) is 23.3 Å². The van der Waals surface area contributed by atoms with E-state index in [4.69, 9.17) is 19.9 Å². The predicted octanol–water partition coefficient (Wildman–Crippen LogP) is 4.56. The molecule has 1 aliphatic heterocycles. The van der Waals surface area contributed by atoms with Gasteiger partial charge in [-0.2, -0.15) is 5.26 Å². The molecule has 0 saturated heterocycles. The Kier molecular flexibility index (Phi) is 6.47. The number of nitriles is 1. The normalized spacial score (nSPS) is 14.4. The molecule has 2 N–H and O–H groups in total. The first-order valence-electron chi connectivity index (χ1n) is 9.91. The van der Waals surface area contributed by atoms with E-state index >= 15 is 0 Å². The van der Waals surface area contributed by atoms with Crippen LogP contribution in [0.2, 0.25) is 0 Å². The highest BCUT2D eigenvalue weighted by Crippen LogP contribution is 2.45. The van der Waals surface area contributed by atoms with E-state index in [2.05, 4.69) is 22.0 Å². The number of rotatable bonds is 6. The highest BCUT2D eigenvalue weighted by atomic mass is 79.9. The van der Waals surface area contributed by atoms with Crippen LogP contribution in [-0.2, 0) is 4.79 Å². The summed E-state index contributed by atoms with van der Waals surface area (Å²) in [5.41, 5.74) is 7.75. The standard InChI is InChI=1S/C24H16BrN3O6/c25-20-4-2-1-3-17(20)23-18-10-9-16(11-21(18)34-24(27)19(23)12-26)33-22(29)13-32-15-7-5-14(6-8-15)28(30)31/h1-11,23H,13,27H2. The summed E-state index contributed by atoms with van der Waals surface area (Å²) < 4.78 is 17.1. The van der Waals surface area contributed by atoms with E-state index in [1.807, 2.05) is 24.3 Å². The van der Waals surface area contributed by atoms with Gasteiger partial charge in [0, 0.05) is 28.2 Å². The van der Waals surface area contributed by atoms with E-state index in [-0.39, 0.29) is 28.6 Å². The number of benzene rings is 3. The van der Waals surface area contributed by atoms with Crippen LogP contribution in [0.4, 0.5) is 5.69 Å². The van der Waals surface area contributed by atoms with Gasteiger partial charge in [-0.15, -0.1) is 0 Å². The zero-order chi connectivity index (χ0) is 24.2. The zero-order valence-corrected chi connectivity index (χ0v) is 19.0. The number of carbonyl (C=O) groups is 1. The van der Waals surface area contributed by atoms with Crippen molar-refractivity contribution in [2.45, 2.75) is 5.92 Å². The van der Waals surface area contributed by atoms with Crippen LogP contribution >= 0.6 is 15.9 Å². The molecule has 0 fully saturated rings. The van der Waals surface area contributed by atoms with Gasteiger partial charge in [0.1, 0.15) is 28.9 Å². The summed E-state index contributed by atoms with van der Waals surface area (Å²) >= 11 is 3.52. The second kappa shape index (κ2) is 9.64. The Morgan fingerprint density at radius 3 is 2.50 bits per heavy atom. The minimum atomic E-state index is -0.683. The molecule has 1 atom stereocenters. The number of nitrogens with two attached hydrogens (primary N) is 1. The number of halogens is 1. The fourth-order valence-corrected chi connectivity index (χ4v) is 4.01. The lowest BCUT2D eigenvalue weighted by Crippen LogP contribution is -2.22. The second-order valence-corrected chi connectivity index (χ2v) is 8.01. The van der Waals surface area contributed by atoms with Crippen LogP contribution in [0.5, 0.6) is 17.2 Å². The van der Waals surface area contributed by atoms with Gasteiger partial charge in [-0.3, -0.25) is 10.1 Å². The van der Waals surface area contributed by atoms with E-state index < -0.39 is 23.4 Å². The molecule has 0 saturated carbocycles. The highest BCUT2D eigenvalue weighted by molar-refractivity contribution is 9.10. The number of nitrogens with zero attached hydrogens (tertiary/aromatic N) is 2. The van der Waals surface area contributed by atoms with Crippen LogP contribution < -0.4 is 19.9 Å². The van der Waals surface area contributed by atoms with Gasteiger partial charge in [0.15, 0.2) is 6.61 Å². The maximum absolute atomic E-state index is 12.2. The molecule has 3 aromatic rings. The van der Waals surface area contributed by atoms with Gasteiger partial charge in [0.05, 0.1) is 10.8 Å². The minimum absolute atomic E-state index is 0.0271. The quantitative estimate of drug-likeness (QED) is 0.215. The average Bonchev–Trinajstić information content (AvgIpc) is 2.82. The topological polar surface area (TPSA) is 138 Å². The van der Waals surface area contributed by atoms with Crippen molar-refractivity contribution in [1.82, 2.24) is 0 Å². The van der Waals surface area contributed by atoms with E-state index in [1.54, 1.807) is 12.1 Å². The highest BCUT2D eigenvalue weighted by Gasteiger charge is 2.32. The summed E-state index contributed by atoms with van der Waals surface area (Å²) in [6.45, 7) is -0.407. The van der Waals surface area contributed by atoms with Gasteiger partial charge in [0.2, 0.25) is 5.88 Å². The molecule has 0 radical (unpaired) electrons. The molecular weight excluding hydrogens is 506 g/mol. The summed E-state index contributed by atoms with van der Waals surface area (Å²) in [5, 5.41) is 20.4. The summed E-state index contributed by atoms with van der Waals surface area (Å²) in [4.78, 5) is 22.4. The first-order chi connectivity index (χ1) is 16.4. The largest absolute Gasteiger partial charge is 0.482 e. The van der Waals surface area contributed by atoms with Crippen molar-refractivity contribution in [3.63, 3.8) is 0 Å². The molecule has 170 valence electrons. The number of hydrogen-bond acceptors (Lipinski definition) is 8. The maximum atomic E-state index is 12.2. The number of ether oxygens (including phenoxy) is 3. The third-order valence-electron chi connectivity index (χ3n) is 5.04. The van der Waals surface area contributed by atoms with E-state index in [9.17, 15) is 20.2 Å². The molecule has 0 amide bonds. The molecule has 34 heavy (non-hydrogen) atoms. The Morgan fingerprint density at radius 1 is 1.12 bits per heavy atom. The molecule has 0 bridgehead atoms. The third-order valence-corrected chi connectivity index (χ3v) is 5.76. The van der Waals surface area contributed by atoms with Crippen molar-refractivity contribution in [2.75, 3.05) is 6.61 Å². The van der Waals surface area contributed by atoms with E-state index in [0.717, 1.165) is 10.0 Å². The van der Waals surface area contributed by atoms with Crippen LogP contribution in [-0.4, -0.2) is 17.5 Å². The Morgan fingerprint density at radius 2 is 1.82 bits per heavy atom. The predicted molar refractivity (Wildman–Crippen MR) is 124 cm³/mol. The smallest absolute Gasteiger partial charge is 0.349 e. The van der Waals surface area contributed by atoms with Crippen molar-refractivity contribution < 1.29 is 23.9 Å². The molecule has 9 nitrogen and oxygen atoms in total. The monoisotopic (exact) mass is 521 g/mol. The number of nitro groups is 1. The Bertz CT molecular complexity index is 1350. The Labute approximate surface area is 202 Å². The molecule has 1 heterocycles. The molecule has 0 aromatic heterocycles. The molecule has 0 spiro atoms. The zero-order valence-electron chi connectivity index (χ0n) is 17.4. The van der Waals surface area contributed by atoms with Crippen LogP contribution in [0.15, 0.2) is 82.7 Å². The van der Waals surface area contributed by atoms with Crippen molar-refractivity contribution >= 4 is 27.6 Å². The molecule has 1 aliphatic rings. The molecule has 1 unspecified atom stereocenters. The fraction of sp³-hybridized carbons (Fsp3) is 0.0833. The van der Waals surface area contributed by atoms with Gasteiger partial charge in [-0.25, -0.2) is 4.79 Å². The molecule has 10 heteroatoms. The first-order valence-corrected chi connectivity index (χ1v) is 10.7. The van der Waals surface area contributed by atoms with Crippen LogP contribution in [0, 0.1) is 21.4 Å². The average molecular weight is 522 g/mol. The maximum Gasteiger partial charge on any atom is 0.349 e. The number of nitro benzene ring substituents is 1. The summed E-state index contributed by atoms with van der Waals surface area (Å²) in [5.74, 6) is -0.318. The van der Waals surface area contributed by atoms with Crippen LogP contribution in [0.25, 0.3) is 0 Å². The Hall–Kier alpha value is -4.36. The van der Waals surface area contributed by atoms with Gasteiger partial charge in [-0.05, 0) is 29.8 Å². The Balaban J connectivity index is 1.51. The molecule has 0 aliphatic carbocycles. The number of esters is 1. The lowest BCUT2D eigenvalue weighted by Gasteiger charge is -2.27. The first kappa shape index (κ1) is 22.8. The van der Waals surface area contributed by atoms with Gasteiger partial charge >= 0.3 is 5.97 Å². The number of hydrogen-bond donors (Lipinski definition) is 1. The molecule has 4 rings (SSSR count). The molecular formula is C24H16BrN3O6. The van der Waals surface area contributed by atoms with Crippen LogP contribution in [0.3, 0.4) is 0 Å². The lowest BCUT2D eigenvalue weighted by molar-refractivity contribution is -0.384. The van der Waals surface area contributed by atoms with Crippen molar-refractivity contribution in [3.05, 3.63) is 104 Å². The second-order valence-electron chi connectivity index (χ2n) is 7.16. The van der Waals surface area contributed by atoms with Gasteiger partial charge < -0.3 is 19.9 Å². The number of carbonyl (C=O) groups excluding carboxylic acids is 1. The minimum Gasteiger partial charge on any atom is -0.482 e. The SMILES string of the molecule is N#CC1=C(N)Oc2cc(OC(=O)COc3ccc([N+](=O)[O-])cc3)ccc2C1c1ccccc1Br. The summed E-state index contributed by atoms with van der Waals surface area (Å²) in [7, 11) is 0.